The van der Waals surface area contributed by atoms with E-state index in [1.54, 1.807) is 24.3 Å². The van der Waals surface area contributed by atoms with E-state index in [1.807, 2.05) is 39.8 Å². The minimum Gasteiger partial charge on any atom is -0.481 e. The summed E-state index contributed by atoms with van der Waals surface area (Å²) in [7, 11) is -1.84. The van der Waals surface area contributed by atoms with Crippen LogP contribution in [0.5, 0.6) is 5.75 Å². The van der Waals surface area contributed by atoms with Crippen molar-refractivity contribution in [3.05, 3.63) is 59.2 Å². The number of anilines is 1. The topological polar surface area (TPSA) is 75.7 Å². The largest absolute Gasteiger partial charge is 0.481 e. The molecule has 0 heterocycles. The summed E-state index contributed by atoms with van der Waals surface area (Å²) < 4.78 is 30.3. The lowest BCUT2D eigenvalue weighted by atomic mass is 10.00. The Kier molecular flexibility index (Phi) is 7.30. The number of amides is 1. The molecule has 0 aliphatic heterocycles. The fourth-order valence-corrected chi connectivity index (χ4v) is 3.61. The summed E-state index contributed by atoms with van der Waals surface area (Å²) in [5.41, 5.74) is 3.93. The molecule has 0 fully saturated rings. The van der Waals surface area contributed by atoms with E-state index >= 15 is 0 Å². The predicted octanol–water partition coefficient (Wildman–Crippen LogP) is 3.73. The maximum atomic E-state index is 12.7. The Balaban J connectivity index is 2.06. The molecule has 29 heavy (non-hydrogen) atoms. The van der Waals surface area contributed by atoms with E-state index in [0.29, 0.717) is 17.9 Å². The van der Waals surface area contributed by atoms with E-state index < -0.39 is 16.1 Å². The zero-order valence-corrected chi connectivity index (χ0v) is 18.7. The summed E-state index contributed by atoms with van der Waals surface area (Å²) in [6.45, 7) is 7.92. The van der Waals surface area contributed by atoms with Gasteiger partial charge in [0.2, 0.25) is 10.0 Å². The second-order valence-corrected chi connectivity index (χ2v) is 9.34. The Morgan fingerprint density at radius 1 is 1.14 bits per heavy atom. The molecule has 6 nitrogen and oxygen atoms in total. The molecule has 2 aromatic rings. The highest BCUT2D eigenvalue weighted by atomic mass is 32.2. The molecule has 0 saturated carbocycles. The number of nitrogens with one attached hydrogen (secondary N) is 1. The van der Waals surface area contributed by atoms with Gasteiger partial charge in [-0.3, -0.25) is 9.10 Å². The number of hydrogen-bond acceptors (Lipinski definition) is 4. The van der Waals surface area contributed by atoms with Crippen LogP contribution in [0, 0.1) is 13.8 Å². The van der Waals surface area contributed by atoms with E-state index in [9.17, 15) is 13.2 Å². The number of aryl methyl sites for hydroxylation is 2. The quantitative estimate of drug-likeness (QED) is 0.709. The summed E-state index contributed by atoms with van der Waals surface area (Å²) in [5, 5.41) is 3.03. The van der Waals surface area contributed by atoms with Crippen molar-refractivity contribution in [2.75, 3.05) is 17.6 Å². The molecular weight excluding hydrogens is 388 g/mol. The molecule has 7 heteroatoms. The van der Waals surface area contributed by atoms with E-state index in [4.69, 9.17) is 4.74 Å². The highest BCUT2D eigenvalue weighted by molar-refractivity contribution is 7.92. The Morgan fingerprint density at radius 2 is 1.76 bits per heavy atom. The number of ether oxygens (including phenoxy) is 1. The molecule has 0 bridgehead atoms. The zero-order valence-electron chi connectivity index (χ0n) is 17.9. The van der Waals surface area contributed by atoms with Crippen molar-refractivity contribution in [1.29, 1.82) is 0 Å². The first-order valence-corrected chi connectivity index (χ1v) is 11.5. The summed E-state index contributed by atoms with van der Waals surface area (Å²) in [6.07, 6.45) is 1.02. The van der Waals surface area contributed by atoms with Crippen molar-refractivity contribution in [2.24, 2.45) is 0 Å². The SMILES string of the molecule is CC[C@@H](Oc1ccc(N(C)S(C)(=O)=O)cc1)C(=O)N[C@@H](C)c1ccc(C)cc1C. The lowest BCUT2D eigenvalue weighted by molar-refractivity contribution is -0.128. The molecule has 2 atom stereocenters. The molecule has 0 aromatic heterocycles. The van der Waals surface area contributed by atoms with Crippen LogP contribution in [-0.4, -0.2) is 33.7 Å². The second kappa shape index (κ2) is 9.31. The van der Waals surface area contributed by atoms with Gasteiger partial charge in [0.1, 0.15) is 5.75 Å². The maximum absolute atomic E-state index is 12.7. The van der Waals surface area contributed by atoms with E-state index in [2.05, 4.69) is 11.4 Å². The van der Waals surface area contributed by atoms with Crippen LogP contribution in [0.4, 0.5) is 5.69 Å². The summed E-state index contributed by atoms with van der Waals surface area (Å²) >= 11 is 0. The highest BCUT2D eigenvalue weighted by Gasteiger charge is 2.21. The monoisotopic (exact) mass is 418 g/mol. The van der Waals surface area contributed by atoms with Gasteiger partial charge in [0.25, 0.3) is 5.91 Å². The van der Waals surface area contributed by atoms with Crippen molar-refractivity contribution in [3.8, 4) is 5.75 Å². The van der Waals surface area contributed by atoms with Crippen molar-refractivity contribution >= 4 is 21.6 Å². The average Bonchev–Trinajstić information content (AvgIpc) is 2.65. The zero-order chi connectivity index (χ0) is 21.8. The lowest BCUT2D eigenvalue weighted by Crippen LogP contribution is -2.39. The van der Waals surface area contributed by atoms with Gasteiger partial charge in [-0.2, -0.15) is 0 Å². The summed E-state index contributed by atoms with van der Waals surface area (Å²) in [5.74, 6) is 0.328. The molecule has 0 aliphatic rings. The smallest absolute Gasteiger partial charge is 0.261 e. The van der Waals surface area contributed by atoms with Gasteiger partial charge in [-0.05, 0) is 62.6 Å². The fourth-order valence-electron chi connectivity index (χ4n) is 3.11. The van der Waals surface area contributed by atoms with Crippen LogP contribution in [0.1, 0.15) is 43.0 Å². The minimum absolute atomic E-state index is 0.133. The van der Waals surface area contributed by atoms with Gasteiger partial charge in [-0.1, -0.05) is 30.7 Å². The van der Waals surface area contributed by atoms with Crippen molar-refractivity contribution in [1.82, 2.24) is 5.32 Å². The van der Waals surface area contributed by atoms with Crippen LogP contribution in [0.3, 0.4) is 0 Å². The van der Waals surface area contributed by atoms with Gasteiger partial charge < -0.3 is 10.1 Å². The molecule has 0 aliphatic carbocycles. The van der Waals surface area contributed by atoms with Gasteiger partial charge >= 0.3 is 0 Å². The summed E-state index contributed by atoms with van der Waals surface area (Å²) in [4.78, 5) is 12.7. The number of carbonyl (C=O) groups is 1. The third-order valence-electron chi connectivity index (χ3n) is 4.89. The first-order chi connectivity index (χ1) is 13.5. The van der Waals surface area contributed by atoms with E-state index in [-0.39, 0.29) is 11.9 Å². The predicted molar refractivity (Wildman–Crippen MR) is 117 cm³/mol. The Morgan fingerprint density at radius 3 is 2.28 bits per heavy atom. The molecule has 1 N–H and O–H groups in total. The van der Waals surface area contributed by atoms with Crippen LogP contribution in [0.15, 0.2) is 42.5 Å². The molecular formula is C22H30N2O4S. The van der Waals surface area contributed by atoms with Crippen LogP contribution in [0.25, 0.3) is 0 Å². The average molecular weight is 419 g/mol. The Bertz CT molecular complexity index is 955. The fraction of sp³-hybridized carbons (Fsp3) is 0.409. The molecule has 158 valence electrons. The maximum Gasteiger partial charge on any atom is 0.261 e. The number of benzene rings is 2. The van der Waals surface area contributed by atoms with Crippen LogP contribution >= 0.6 is 0 Å². The number of sulfonamides is 1. The van der Waals surface area contributed by atoms with E-state index in [0.717, 1.165) is 17.4 Å². The molecule has 0 saturated heterocycles. The molecule has 0 spiro atoms. The van der Waals surface area contributed by atoms with Gasteiger partial charge in [-0.15, -0.1) is 0 Å². The number of hydrogen-bond donors (Lipinski definition) is 1. The number of nitrogens with zero attached hydrogens (tertiary/aromatic N) is 1. The normalized spacial score (nSPS) is 13.4. The molecule has 2 aromatic carbocycles. The Labute approximate surface area is 173 Å². The number of carbonyl (C=O) groups excluding carboxylic acids is 1. The van der Waals surface area contributed by atoms with Gasteiger partial charge in [0.05, 0.1) is 18.0 Å². The molecule has 1 amide bonds. The lowest BCUT2D eigenvalue weighted by Gasteiger charge is -2.22. The molecule has 0 unspecified atom stereocenters. The highest BCUT2D eigenvalue weighted by Crippen LogP contribution is 2.22. The first-order valence-electron chi connectivity index (χ1n) is 9.61. The van der Waals surface area contributed by atoms with Crippen LogP contribution in [-0.2, 0) is 14.8 Å². The van der Waals surface area contributed by atoms with Crippen molar-refractivity contribution in [2.45, 2.75) is 46.3 Å². The third kappa shape index (κ3) is 5.97. The van der Waals surface area contributed by atoms with Crippen molar-refractivity contribution in [3.63, 3.8) is 0 Å². The molecule has 0 radical (unpaired) electrons. The van der Waals surface area contributed by atoms with E-state index in [1.165, 1.54) is 16.9 Å². The van der Waals surface area contributed by atoms with Gasteiger partial charge in [-0.25, -0.2) is 8.42 Å². The summed E-state index contributed by atoms with van der Waals surface area (Å²) in [6, 6.07) is 12.7. The molecule has 2 rings (SSSR count). The van der Waals surface area contributed by atoms with Crippen LogP contribution < -0.4 is 14.4 Å². The van der Waals surface area contributed by atoms with Gasteiger partial charge in [0.15, 0.2) is 6.10 Å². The minimum atomic E-state index is -3.33. The van der Waals surface area contributed by atoms with Crippen LogP contribution in [0.2, 0.25) is 0 Å². The Hall–Kier alpha value is -2.54. The third-order valence-corrected chi connectivity index (χ3v) is 6.10. The standard InChI is InChI=1S/C22H30N2O4S/c1-7-21(22(25)23-17(4)20-13-8-15(2)14-16(20)3)28-19-11-9-18(10-12-19)24(5)29(6,26)27/h8-14,17,21H,7H2,1-6H3,(H,23,25)/t17-,21+/m0/s1. The van der Waals surface area contributed by atoms with Crippen molar-refractivity contribution < 1.29 is 17.9 Å². The van der Waals surface area contributed by atoms with Gasteiger partial charge in [0, 0.05) is 7.05 Å². The first kappa shape index (κ1) is 22.7. The number of rotatable bonds is 8. The second-order valence-electron chi connectivity index (χ2n) is 7.33.